The fourth-order valence-corrected chi connectivity index (χ4v) is 6.69. The van der Waals surface area contributed by atoms with Crippen molar-refractivity contribution in [2.75, 3.05) is 11.9 Å². The van der Waals surface area contributed by atoms with E-state index >= 15 is 0 Å². The highest BCUT2D eigenvalue weighted by atomic mass is 32.1. The molecular weight excluding hydrogens is 869 g/mol. The van der Waals surface area contributed by atoms with Crippen molar-refractivity contribution in [3.63, 3.8) is 0 Å². The van der Waals surface area contributed by atoms with Gasteiger partial charge in [0.05, 0.1) is 18.2 Å². The van der Waals surface area contributed by atoms with Crippen LogP contribution in [0.1, 0.15) is 89.1 Å². The molecule has 6 rings (SSSR count). The highest BCUT2D eigenvalue weighted by Crippen LogP contribution is 2.32. The van der Waals surface area contributed by atoms with Gasteiger partial charge in [-0.25, -0.2) is 29.5 Å². The third-order valence-electron chi connectivity index (χ3n) is 9.34. The molecule has 0 bridgehead atoms. The Kier molecular flexibility index (Phi) is 15.1. The van der Waals surface area contributed by atoms with E-state index in [1.165, 1.54) is 37.7 Å². The topological polar surface area (TPSA) is 232 Å². The van der Waals surface area contributed by atoms with Gasteiger partial charge < -0.3 is 34.4 Å². The second-order valence-electron chi connectivity index (χ2n) is 17.6. The molecule has 0 aliphatic carbocycles. The van der Waals surface area contributed by atoms with Gasteiger partial charge in [-0.05, 0) is 72.6 Å². The molecular formula is C47H52N8O10S. The second-order valence-corrected chi connectivity index (χ2v) is 18.5. The number of carbonyl (C=O) groups excluding carboxylic acids is 5. The van der Waals surface area contributed by atoms with Crippen molar-refractivity contribution in [2.24, 2.45) is 11.1 Å². The van der Waals surface area contributed by atoms with Gasteiger partial charge in [0.15, 0.2) is 33.9 Å². The number of oxime groups is 1. The number of ether oxygens (including phenoxy) is 4. The van der Waals surface area contributed by atoms with Crippen molar-refractivity contribution in [1.82, 2.24) is 30.6 Å². The number of aromatic nitrogens is 4. The number of nitrogens with one attached hydrogen (secondary N) is 3. The lowest BCUT2D eigenvalue weighted by molar-refractivity contribution is -0.179. The molecule has 346 valence electrons. The Morgan fingerprint density at radius 1 is 0.788 bits per heavy atom. The van der Waals surface area contributed by atoms with Crippen LogP contribution in [0.4, 0.5) is 9.93 Å². The zero-order valence-corrected chi connectivity index (χ0v) is 38.7. The standard InChI is InChI=1S/C47H52N8O10S/c1-45(2,3)63-42(59)47(7,8)65-55-38(34-27-66-43(53-34)54-44(60)64-46(4,5)6)35(56)21-30-33(52-40(30)57)23-50-41(58)31-19-20-48-39(51-31)32-22-36(61-25-28-15-11-9-12-16-28)37(24-49-32)62-26-29-17-13-10-14-18-29/h9-20,22,24,27,30,33H,21,23,25-26H2,1-8H3,(H,50,58)(H,52,57)(H,53,54,60)/b55-38-/t30-,33+/m0/s1. The van der Waals surface area contributed by atoms with Gasteiger partial charge in [-0.1, -0.05) is 65.8 Å². The smallest absolute Gasteiger partial charge is 0.413 e. The number of hydrogen-bond donors (Lipinski definition) is 3. The van der Waals surface area contributed by atoms with Crippen LogP contribution in [-0.4, -0.2) is 84.7 Å². The highest BCUT2D eigenvalue weighted by Gasteiger charge is 2.42. The molecule has 18 nitrogen and oxygen atoms in total. The molecule has 3 N–H and O–H groups in total. The lowest BCUT2D eigenvalue weighted by atomic mass is 9.84. The van der Waals surface area contributed by atoms with E-state index in [1.807, 2.05) is 60.7 Å². The van der Waals surface area contributed by atoms with Crippen molar-refractivity contribution >= 4 is 51.8 Å². The number of carbonyl (C=O) groups is 5. The molecule has 1 aliphatic heterocycles. The Bertz CT molecular complexity index is 2570. The van der Waals surface area contributed by atoms with Crippen LogP contribution in [0, 0.1) is 5.92 Å². The highest BCUT2D eigenvalue weighted by molar-refractivity contribution is 7.14. The largest absolute Gasteiger partial charge is 0.485 e. The Morgan fingerprint density at radius 3 is 2.05 bits per heavy atom. The fraction of sp³-hybridized carbons (Fsp3) is 0.362. The Balaban J connectivity index is 1.14. The van der Waals surface area contributed by atoms with Gasteiger partial charge in [0.1, 0.15) is 41.5 Å². The van der Waals surface area contributed by atoms with E-state index in [4.69, 9.17) is 23.8 Å². The minimum absolute atomic E-state index is 0.0129. The zero-order valence-electron chi connectivity index (χ0n) is 37.9. The molecule has 1 aliphatic rings. The van der Waals surface area contributed by atoms with Crippen molar-refractivity contribution in [3.05, 3.63) is 113 Å². The van der Waals surface area contributed by atoms with Crippen LogP contribution in [0.5, 0.6) is 11.5 Å². The number of benzene rings is 2. The van der Waals surface area contributed by atoms with Crippen LogP contribution in [-0.2, 0) is 41.9 Å². The number of hydrogen-bond acceptors (Lipinski definition) is 16. The fourth-order valence-electron chi connectivity index (χ4n) is 6.01. The maximum absolute atomic E-state index is 14.0. The molecule has 1 fully saturated rings. The molecule has 19 heteroatoms. The van der Waals surface area contributed by atoms with E-state index in [2.05, 4.69) is 41.0 Å². The minimum Gasteiger partial charge on any atom is -0.485 e. The summed E-state index contributed by atoms with van der Waals surface area (Å²) in [4.78, 5) is 89.1. The summed E-state index contributed by atoms with van der Waals surface area (Å²) in [6, 6.07) is 21.7. The van der Waals surface area contributed by atoms with Crippen LogP contribution in [0.15, 0.2) is 95.7 Å². The van der Waals surface area contributed by atoms with Crippen molar-refractivity contribution in [2.45, 2.75) is 97.9 Å². The summed E-state index contributed by atoms with van der Waals surface area (Å²) in [5.74, 6) is -2.32. The molecule has 0 radical (unpaired) electrons. The van der Waals surface area contributed by atoms with Crippen LogP contribution < -0.4 is 25.4 Å². The quantitative estimate of drug-likeness (QED) is 0.0354. The normalized spacial score (nSPS) is 15.1. The minimum atomic E-state index is -1.64. The molecule has 3 amide bonds. The van der Waals surface area contributed by atoms with Gasteiger partial charge >= 0.3 is 12.1 Å². The van der Waals surface area contributed by atoms with Crippen LogP contribution in [0.25, 0.3) is 11.5 Å². The number of anilines is 1. The summed E-state index contributed by atoms with van der Waals surface area (Å²) in [6.07, 6.45) is 1.82. The molecule has 5 aromatic rings. The molecule has 0 spiro atoms. The molecule has 0 unspecified atom stereocenters. The SMILES string of the molecule is CC(C)(C)OC(=O)Nc1nc(/C(=N/OC(C)(C)C(=O)OC(C)(C)C)C(=O)C[C@@H]2C(=O)N[C@@H]2CNC(=O)c2ccnc(-c3cc(OCc4ccccc4)c(OCc4ccccc4)cn3)n2)cs1. The number of β-lactam (4-membered cyclic amide) rings is 1. The van der Waals surface area contributed by atoms with Gasteiger partial charge in [-0.2, -0.15) is 0 Å². The van der Waals surface area contributed by atoms with Gasteiger partial charge in [-0.3, -0.25) is 19.7 Å². The van der Waals surface area contributed by atoms with Gasteiger partial charge in [0.25, 0.3) is 5.91 Å². The third-order valence-corrected chi connectivity index (χ3v) is 10.1. The van der Waals surface area contributed by atoms with E-state index in [-0.39, 0.29) is 54.2 Å². The first kappa shape index (κ1) is 48.2. The van der Waals surface area contributed by atoms with Crippen LogP contribution >= 0.6 is 11.3 Å². The summed E-state index contributed by atoms with van der Waals surface area (Å²) in [6.45, 7) is 13.5. The summed E-state index contributed by atoms with van der Waals surface area (Å²) in [5.41, 5.74) is -1.29. The lowest BCUT2D eigenvalue weighted by Crippen LogP contribution is -2.63. The summed E-state index contributed by atoms with van der Waals surface area (Å²) >= 11 is 0.993. The van der Waals surface area contributed by atoms with E-state index in [0.717, 1.165) is 22.5 Å². The van der Waals surface area contributed by atoms with E-state index in [9.17, 15) is 24.0 Å². The van der Waals surface area contributed by atoms with Crippen molar-refractivity contribution in [1.29, 1.82) is 0 Å². The number of nitrogens with zero attached hydrogens (tertiary/aromatic N) is 5. The van der Waals surface area contributed by atoms with E-state index in [0.29, 0.717) is 17.2 Å². The first-order valence-corrected chi connectivity index (χ1v) is 21.9. The summed E-state index contributed by atoms with van der Waals surface area (Å²) in [5, 5.41) is 13.7. The second kappa shape index (κ2) is 20.7. The number of Topliss-reactive ketones (excluding diaryl/α,β-unsaturated/α-hetero) is 1. The lowest BCUT2D eigenvalue weighted by Gasteiger charge is -2.36. The number of pyridine rings is 1. The Labute approximate surface area is 385 Å². The number of ketones is 1. The molecule has 3 aromatic heterocycles. The first-order chi connectivity index (χ1) is 31.2. The molecule has 4 heterocycles. The molecule has 2 aromatic carbocycles. The van der Waals surface area contributed by atoms with Crippen molar-refractivity contribution in [3.8, 4) is 23.0 Å². The zero-order chi connectivity index (χ0) is 47.6. The number of esters is 1. The predicted octanol–water partition coefficient (Wildman–Crippen LogP) is 6.84. The Morgan fingerprint density at radius 2 is 1.42 bits per heavy atom. The van der Waals surface area contributed by atoms with Crippen LogP contribution in [0.2, 0.25) is 0 Å². The molecule has 0 saturated carbocycles. The van der Waals surface area contributed by atoms with E-state index in [1.54, 1.807) is 47.6 Å². The first-order valence-electron chi connectivity index (χ1n) is 21.0. The van der Waals surface area contributed by atoms with Gasteiger partial charge in [-0.15, -0.1) is 11.3 Å². The number of amides is 3. The van der Waals surface area contributed by atoms with E-state index < -0.39 is 58.4 Å². The van der Waals surface area contributed by atoms with Crippen LogP contribution in [0.3, 0.4) is 0 Å². The number of rotatable bonds is 18. The predicted molar refractivity (Wildman–Crippen MR) is 244 cm³/mol. The summed E-state index contributed by atoms with van der Waals surface area (Å²) in [7, 11) is 0. The average Bonchev–Trinajstić information content (AvgIpc) is 3.72. The average molecular weight is 921 g/mol. The molecule has 66 heavy (non-hydrogen) atoms. The molecule has 2 atom stereocenters. The maximum atomic E-state index is 14.0. The monoisotopic (exact) mass is 920 g/mol. The van der Waals surface area contributed by atoms with Gasteiger partial charge in [0.2, 0.25) is 11.5 Å². The number of thiazole rings is 1. The Hall–Kier alpha value is -7.28. The van der Waals surface area contributed by atoms with Gasteiger partial charge in [0, 0.05) is 30.6 Å². The molecule has 1 saturated heterocycles. The maximum Gasteiger partial charge on any atom is 0.413 e. The third kappa shape index (κ3) is 13.6. The van der Waals surface area contributed by atoms with Crippen molar-refractivity contribution < 1.29 is 47.8 Å². The summed E-state index contributed by atoms with van der Waals surface area (Å²) < 4.78 is 23.1.